The molecule has 4 nitrogen and oxygen atoms in total. The van der Waals surface area contributed by atoms with Gasteiger partial charge in [0.2, 0.25) is 0 Å². The van der Waals surface area contributed by atoms with E-state index in [2.05, 4.69) is 36.4 Å². The molecule has 0 amide bonds. The summed E-state index contributed by atoms with van der Waals surface area (Å²) in [5, 5.41) is 3.21. The number of rotatable bonds is 5. The lowest BCUT2D eigenvalue weighted by molar-refractivity contribution is 0.414. The van der Waals surface area contributed by atoms with Crippen LogP contribution in [0.3, 0.4) is 0 Å². The smallest absolute Gasteiger partial charge is 0.129 e. The summed E-state index contributed by atoms with van der Waals surface area (Å²) in [5.74, 6) is 4.02. The second-order valence-corrected chi connectivity index (χ2v) is 11.2. The van der Waals surface area contributed by atoms with Crippen LogP contribution in [0.5, 0.6) is 5.75 Å². The highest BCUT2D eigenvalue weighted by molar-refractivity contribution is 7.72. The third-order valence-corrected chi connectivity index (χ3v) is 3.87. The van der Waals surface area contributed by atoms with Gasteiger partial charge in [-0.15, -0.1) is 5.54 Å². The summed E-state index contributed by atoms with van der Waals surface area (Å²) in [7, 11) is -1.36. The highest BCUT2D eigenvalue weighted by atomic mass is 32.2. The third-order valence-electron chi connectivity index (χ3n) is 2.34. The number of hydrogen-bond donors (Lipinski definition) is 2. The molecule has 2 N–H and O–H groups in total. The molecular formula is C14H21N2O2SSi-. The highest BCUT2D eigenvalue weighted by Crippen LogP contribution is 2.21. The molecule has 110 valence electrons. The SMILES string of the molecule is COc1cc(C[S-](=N)=O)cc(NCC#C[Si](C)(C)C)c1. The first-order valence-corrected chi connectivity index (χ1v) is 11.1. The van der Waals surface area contributed by atoms with Gasteiger partial charge in [-0.05, 0) is 12.1 Å². The van der Waals surface area contributed by atoms with Crippen LogP contribution in [0.25, 0.3) is 0 Å². The van der Waals surface area contributed by atoms with E-state index in [1.54, 1.807) is 13.2 Å². The Hall–Kier alpha value is -1.45. The second kappa shape index (κ2) is 7.36. The topological polar surface area (TPSA) is 62.2 Å². The zero-order chi connectivity index (χ0) is 15.2. The molecule has 1 aromatic rings. The molecular weight excluding hydrogens is 288 g/mol. The molecule has 0 bridgehead atoms. The Morgan fingerprint density at radius 2 is 2.05 bits per heavy atom. The quantitative estimate of drug-likeness (QED) is 0.499. The van der Waals surface area contributed by atoms with Crippen molar-refractivity contribution < 1.29 is 8.95 Å². The molecule has 0 atom stereocenters. The van der Waals surface area contributed by atoms with Crippen LogP contribution in [-0.4, -0.2) is 21.7 Å². The minimum absolute atomic E-state index is 0.201. The lowest BCUT2D eigenvalue weighted by Crippen LogP contribution is -2.17. The molecule has 0 saturated heterocycles. The van der Waals surface area contributed by atoms with Gasteiger partial charge in [0.25, 0.3) is 0 Å². The normalized spacial score (nSPS) is 10.8. The molecule has 1 aromatic carbocycles. The maximum atomic E-state index is 11.0. The van der Waals surface area contributed by atoms with E-state index in [1.807, 2.05) is 12.1 Å². The third kappa shape index (κ3) is 6.64. The Morgan fingerprint density at radius 1 is 1.35 bits per heavy atom. The van der Waals surface area contributed by atoms with Crippen LogP contribution in [0.4, 0.5) is 5.69 Å². The first-order chi connectivity index (χ1) is 9.30. The van der Waals surface area contributed by atoms with Gasteiger partial charge in [0.05, 0.1) is 13.7 Å². The van der Waals surface area contributed by atoms with Crippen LogP contribution in [0.1, 0.15) is 5.56 Å². The van der Waals surface area contributed by atoms with Gasteiger partial charge >= 0.3 is 0 Å². The summed E-state index contributed by atoms with van der Waals surface area (Å²) >= 11 is 0. The van der Waals surface area contributed by atoms with E-state index in [0.717, 1.165) is 11.3 Å². The molecule has 0 aliphatic rings. The number of methoxy groups -OCH3 is 1. The largest absolute Gasteiger partial charge is 0.497 e. The number of nitrogens with one attached hydrogen (secondary N) is 2. The Bertz CT molecular complexity index is 587. The summed E-state index contributed by atoms with van der Waals surface area (Å²) in [6, 6.07) is 5.54. The van der Waals surface area contributed by atoms with E-state index in [0.29, 0.717) is 12.3 Å². The van der Waals surface area contributed by atoms with E-state index in [9.17, 15) is 4.21 Å². The molecule has 6 heteroatoms. The summed E-state index contributed by atoms with van der Waals surface area (Å²) in [5.41, 5.74) is 4.97. The van der Waals surface area contributed by atoms with Crippen molar-refractivity contribution in [3.05, 3.63) is 23.8 Å². The molecule has 1 rings (SSSR count). The molecule has 0 spiro atoms. The Kier molecular flexibility index (Phi) is 6.11. The van der Waals surface area contributed by atoms with Crippen molar-refractivity contribution in [2.75, 3.05) is 19.0 Å². The van der Waals surface area contributed by atoms with Crippen molar-refractivity contribution in [3.63, 3.8) is 0 Å². The molecule has 20 heavy (non-hydrogen) atoms. The van der Waals surface area contributed by atoms with Gasteiger partial charge in [-0.1, -0.05) is 36.9 Å². The van der Waals surface area contributed by atoms with Gasteiger partial charge in [-0.2, -0.15) is 10.6 Å². The highest BCUT2D eigenvalue weighted by Gasteiger charge is 2.07. The van der Waals surface area contributed by atoms with Crippen LogP contribution in [0.15, 0.2) is 18.2 Å². The molecule has 0 aromatic heterocycles. The number of ether oxygens (including phenoxy) is 1. The predicted octanol–water partition coefficient (Wildman–Crippen LogP) is 3.21. The minimum atomic E-state index is -1.61. The van der Waals surface area contributed by atoms with Gasteiger partial charge in [0, 0.05) is 11.8 Å². The average Bonchev–Trinajstić information content (AvgIpc) is 2.32. The minimum Gasteiger partial charge on any atom is -0.497 e. The maximum absolute atomic E-state index is 11.0. The van der Waals surface area contributed by atoms with Crippen LogP contribution >= 0.6 is 0 Å². The fourth-order valence-electron chi connectivity index (χ4n) is 1.57. The van der Waals surface area contributed by atoms with Gasteiger partial charge in [0.15, 0.2) is 0 Å². The molecule has 0 aliphatic carbocycles. The molecule has 0 saturated carbocycles. The zero-order valence-corrected chi connectivity index (χ0v) is 14.2. The van der Waals surface area contributed by atoms with E-state index in [-0.39, 0.29) is 5.75 Å². The zero-order valence-electron chi connectivity index (χ0n) is 12.4. The maximum Gasteiger partial charge on any atom is 0.129 e. The lowest BCUT2D eigenvalue weighted by Gasteiger charge is -2.10. The Labute approximate surface area is 123 Å². The monoisotopic (exact) mass is 309 g/mol. The van der Waals surface area contributed by atoms with Crippen molar-refractivity contribution in [1.82, 2.24) is 0 Å². The fourth-order valence-corrected chi connectivity index (χ4v) is 2.66. The molecule has 0 fully saturated rings. The number of anilines is 1. The summed E-state index contributed by atoms with van der Waals surface area (Å²) < 4.78 is 23.3. The standard InChI is InChI=1S/C14H21N2O2SSi/c1-18-14-9-12(11-19(15)17)8-13(10-14)16-6-5-7-20(2,3)4/h8-10,15-16H,6,11H2,1-4H3/q-1. The first kappa shape index (κ1) is 16.6. The van der Waals surface area contributed by atoms with Crippen molar-refractivity contribution in [1.29, 1.82) is 4.78 Å². The van der Waals surface area contributed by atoms with Crippen LogP contribution in [0, 0.1) is 16.2 Å². The fraction of sp³-hybridized carbons (Fsp3) is 0.429. The molecule has 0 unspecified atom stereocenters. The summed E-state index contributed by atoms with van der Waals surface area (Å²) in [6.07, 6.45) is 0. The van der Waals surface area contributed by atoms with Crippen molar-refractivity contribution in [3.8, 4) is 17.2 Å². The lowest BCUT2D eigenvalue weighted by atomic mass is 10.2. The first-order valence-electron chi connectivity index (χ1n) is 6.31. The number of hydrogen-bond acceptors (Lipinski definition) is 5. The van der Waals surface area contributed by atoms with Gasteiger partial charge < -0.3 is 19.0 Å². The Morgan fingerprint density at radius 3 is 2.60 bits per heavy atom. The van der Waals surface area contributed by atoms with Gasteiger partial charge in [0.1, 0.15) is 13.8 Å². The summed E-state index contributed by atoms with van der Waals surface area (Å²) in [6.45, 7) is 7.18. The predicted molar refractivity (Wildman–Crippen MR) is 87.1 cm³/mol. The second-order valence-electron chi connectivity index (χ2n) is 5.46. The van der Waals surface area contributed by atoms with Crippen molar-refractivity contribution in [2.24, 2.45) is 0 Å². The van der Waals surface area contributed by atoms with E-state index < -0.39 is 18.7 Å². The molecule has 0 heterocycles. The Balaban J connectivity index is 2.80. The van der Waals surface area contributed by atoms with Crippen LogP contribution in [0.2, 0.25) is 19.6 Å². The summed E-state index contributed by atoms with van der Waals surface area (Å²) in [4.78, 5) is 0. The molecule has 0 aliphatic heterocycles. The number of benzene rings is 1. The van der Waals surface area contributed by atoms with Crippen LogP contribution in [-0.2, 0) is 20.6 Å². The van der Waals surface area contributed by atoms with Crippen molar-refractivity contribution in [2.45, 2.75) is 25.4 Å². The van der Waals surface area contributed by atoms with E-state index >= 15 is 0 Å². The molecule has 0 radical (unpaired) electrons. The van der Waals surface area contributed by atoms with Gasteiger partial charge in [-0.25, -0.2) is 0 Å². The van der Waals surface area contributed by atoms with E-state index in [1.165, 1.54) is 0 Å². The van der Waals surface area contributed by atoms with Gasteiger partial charge in [-0.3, -0.25) is 0 Å². The van der Waals surface area contributed by atoms with E-state index in [4.69, 9.17) is 9.52 Å². The average molecular weight is 309 g/mol. The van der Waals surface area contributed by atoms with Crippen LogP contribution < -0.4 is 10.1 Å². The van der Waals surface area contributed by atoms with Crippen molar-refractivity contribution >= 4 is 24.4 Å².